The normalized spacial score (nSPS) is 16.6. The van der Waals surface area contributed by atoms with Gasteiger partial charge < -0.3 is 10.2 Å². The van der Waals surface area contributed by atoms with Crippen LogP contribution < -0.4 is 5.32 Å². The average molecular weight is 368 g/mol. The molecule has 1 aliphatic rings. The summed E-state index contributed by atoms with van der Waals surface area (Å²) >= 11 is 0. The first-order valence-electron chi connectivity index (χ1n) is 7.33. The third kappa shape index (κ3) is 4.64. The molecule has 10 heteroatoms. The average Bonchev–Trinajstić information content (AvgIpc) is 2.53. The summed E-state index contributed by atoms with van der Waals surface area (Å²) in [5.41, 5.74) is -1.64. The number of benzene rings is 1. The van der Waals surface area contributed by atoms with Crippen LogP contribution in [0.25, 0.3) is 0 Å². The van der Waals surface area contributed by atoms with Crippen molar-refractivity contribution in [3.05, 3.63) is 35.4 Å². The van der Waals surface area contributed by atoms with Gasteiger partial charge in [-0.1, -0.05) is 12.1 Å². The minimum atomic E-state index is -4.97. The number of likely N-dealkylation sites (tertiary alicyclic amines) is 1. The standard InChI is InChI=1S/C15H14F6N2O2/c16-14(17,18)11-4-2-1-3-10(11)12(24)22-9-5-7-23(8-6-9)13(25)15(19,20)21/h1-4,9H,5-8H2,(H,22,24). The van der Waals surface area contributed by atoms with Gasteiger partial charge in [0.05, 0.1) is 11.1 Å². The second-order valence-electron chi connectivity index (χ2n) is 5.58. The van der Waals surface area contributed by atoms with E-state index in [4.69, 9.17) is 0 Å². The lowest BCUT2D eigenvalue weighted by Gasteiger charge is -2.32. The van der Waals surface area contributed by atoms with Crippen LogP contribution in [0.2, 0.25) is 0 Å². The van der Waals surface area contributed by atoms with E-state index in [0.717, 1.165) is 18.2 Å². The van der Waals surface area contributed by atoms with Crippen LogP contribution in [-0.4, -0.2) is 42.0 Å². The number of carbonyl (C=O) groups excluding carboxylic acids is 2. The van der Waals surface area contributed by atoms with Gasteiger partial charge in [0.2, 0.25) is 0 Å². The second kappa shape index (κ2) is 6.93. The Labute approximate surface area is 138 Å². The highest BCUT2D eigenvalue weighted by Gasteiger charge is 2.43. The van der Waals surface area contributed by atoms with E-state index in [1.54, 1.807) is 0 Å². The molecule has 1 saturated heterocycles. The smallest absolute Gasteiger partial charge is 0.349 e. The number of amides is 2. The van der Waals surface area contributed by atoms with Crippen molar-refractivity contribution in [2.45, 2.75) is 31.2 Å². The fourth-order valence-corrected chi connectivity index (χ4v) is 2.60. The van der Waals surface area contributed by atoms with Gasteiger partial charge in [-0.15, -0.1) is 0 Å². The van der Waals surface area contributed by atoms with E-state index >= 15 is 0 Å². The van der Waals surface area contributed by atoms with Crippen LogP contribution in [0.1, 0.15) is 28.8 Å². The predicted molar refractivity (Wildman–Crippen MR) is 74.6 cm³/mol. The summed E-state index contributed by atoms with van der Waals surface area (Å²) in [6.07, 6.45) is -9.61. The molecule has 0 aromatic heterocycles. The Balaban J connectivity index is 1.99. The third-order valence-electron chi connectivity index (χ3n) is 3.84. The molecular formula is C15H14F6N2O2. The molecule has 1 aliphatic heterocycles. The maximum atomic E-state index is 12.9. The summed E-state index contributed by atoms with van der Waals surface area (Å²) in [7, 11) is 0. The zero-order chi connectivity index (χ0) is 18.8. The number of piperidine rings is 1. The molecule has 0 aliphatic carbocycles. The van der Waals surface area contributed by atoms with E-state index in [-0.39, 0.29) is 25.9 Å². The van der Waals surface area contributed by atoms with Gasteiger partial charge in [-0.25, -0.2) is 0 Å². The Morgan fingerprint density at radius 2 is 1.56 bits per heavy atom. The van der Waals surface area contributed by atoms with Gasteiger partial charge in [0.25, 0.3) is 5.91 Å². The van der Waals surface area contributed by atoms with Crippen molar-refractivity contribution in [2.24, 2.45) is 0 Å². The van der Waals surface area contributed by atoms with Crippen molar-refractivity contribution in [1.29, 1.82) is 0 Å². The number of hydrogen-bond donors (Lipinski definition) is 1. The second-order valence-corrected chi connectivity index (χ2v) is 5.58. The molecular weight excluding hydrogens is 354 g/mol. The van der Waals surface area contributed by atoms with Gasteiger partial charge in [0.15, 0.2) is 0 Å². The minimum absolute atomic E-state index is 0.0295. The van der Waals surface area contributed by atoms with E-state index in [9.17, 15) is 35.9 Å². The molecule has 0 saturated carbocycles. The Morgan fingerprint density at radius 1 is 1.00 bits per heavy atom. The summed E-state index contributed by atoms with van der Waals surface area (Å²) in [5.74, 6) is -2.91. The lowest BCUT2D eigenvalue weighted by molar-refractivity contribution is -0.186. The molecule has 2 rings (SSSR count). The molecule has 0 spiro atoms. The summed E-state index contributed by atoms with van der Waals surface area (Å²) < 4.78 is 75.8. The molecule has 1 heterocycles. The first-order chi connectivity index (χ1) is 11.5. The van der Waals surface area contributed by atoms with E-state index in [2.05, 4.69) is 5.32 Å². The fraction of sp³-hybridized carbons (Fsp3) is 0.467. The fourth-order valence-electron chi connectivity index (χ4n) is 2.60. The summed E-state index contributed by atoms with van der Waals surface area (Å²) in [6, 6.07) is 3.64. The molecule has 1 aromatic rings. The molecule has 0 atom stereocenters. The molecule has 0 radical (unpaired) electrons. The highest BCUT2D eigenvalue weighted by atomic mass is 19.4. The monoisotopic (exact) mass is 368 g/mol. The lowest BCUT2D eigenvalue weighted by atomic mass is 10.0. The number of carbonyl (C=O) groups is 2. The quantitative estimate of drug-likeness (QED) is 0.816. The van der Waals surface area contributed by atoms with Crippen LogP contribution in [-0.2, 0) is 11.0 Å². The number of nitrogens with one attached hydrogen (secondary N) is 1. The van der Waals surface area contributed by atoms with Gasteiger partial charge in [0.1, 0.15) is 0 Å². The van der Waals surface area contributed by atoms with Crippen LogP contribution >= 0.6 is 0 Å². The topological polar surface area (TPSA) is 49.4 Å². The first-order valence-corrected chi connectivity index (χ1v) is 7.33. The Morgan fingerprint density at radius 3 is 2.08 bits per heavy atom. The molecule has 0 unspecified atom stereocenters. The summed E-state index contributed by atoms with van der Waals surface area (Å²) in [5, 5.41) is 2.39. The molecule has 1 fully saturated rings. The maximum absolute atomic E-state index is 12.9. The van der Waals surface area contributed by atoms with E-state index < -0.39 is 41.3 Å². The Kier molecular flexibility index (Phi) is 5.28. The van der Waals surface area contributed by atoms with Crippen LogP contribution in [0.5, 0.6) is 0 Å². The largest absolute Gasteiger partial charge is 0.471 e. The maximum Gasteiger partial charge on any atom is 0.471 e. The number of halogens is 6. The van der Waals surface area contributed by atoms with Crippen LogP contribution in [0.15, 0.2) is 24.3 Å². The minimum Gasteiger partial charge on any atom is -0.349 e. The third-order valence-corrected chi connectivity index (χ3v) is 3.84. The first kappa shape index (κ1) is 19.1. The molecule has 138 valence electrons. The van der Waals surface area contributed by atoms with Gasteiger partial charge in [-0.3, -0.25) is 9.59 Å². The molecule has 1 N–H and O–H groups in total. The number of nitrogens with zero attached hydrogens (tertiary/aromatic N) is 1. The Hall–Kier alpha value is -2.26. The van der Waals surface area contributed by atoms with Crippen LogP contribution in [0.4, 0.5) is 26.3 Å². The lowest BCUT2D eigenvalue weighted by Crippen LogP contribution is -2.50. The molecule has 0 bridgehead atoms. The van der Waals surface area contributed by atoms with Gasteiger partial charge >= 0.3 is 18.3 Å². The van der Waals surface area contributed by atoms with Crippen LogP contribution in [0, 0.1) is 0 Å². The molecule has 25 heavy (non-hydrogen) atoms. The zero-order valence-corrected chi connectivity index (χ0v) is 12.7. The van der Waals surface area contributed by atoms with Gasteiger partial charge in [0, 0.05) is 19.1 Å². The van der Waals surface area contributed by atoms with Crippen molar-refractivity contribution >= 4 is 11.8 Å². The zero-order valence-electron chi connectivity index (χ0n) is 12.7. The summed E-state index contributed by atoms with van der Waals surface area (Å²) in [6.45, 7) is -0.464. The van der Waals surface area contributed by atoms with Gasteiger partial charge in [-0.05, 0) is 25.0 Å². The highest BCUT2D eigenvalue weighted by molar-refractivity contribution is 5.96. The summed E-state index contributed by atoms with van der Waals surface area (Å²) in [4.78, 5) is 23.8. The SMILES string of the molecule is O=C(NC1CCN(C(=O)C(F)(F)F)CC1)c1ccccc1C(F)(F)F. The number of alkyl halides is 6. The molecule has 4 nitrogen and oxygen atoms in total. The number of rotatable bonds is 2. The molecule has 1 aromatic carbocycles. The van der Waals surface area contributed by atoms with Gasteiger partial charge in [-0.2, -0.15) is 26.3 Å². The number of hydrogen-bond acceptors (Lipinski definition) is 2. The highest BCUT2D eigenvalue weighted by Crippen LogP contribution is 2.32. The molecule has 2 amide bonds. The van der Waals surface area contributed by atoms with Crippen molar-refractivity contribution in [3.63, 3.8) is 0 Å². The van der Waals surface area contributed by atoms with Crippen molar-refractivity contribution < 1.29 is 35.9 Å². The van der Waals surface area contributed by atoms with Crippen molar-refractivity contribution in [3.8, 4) is 0 Å². The Bertz CT molecular complexity index is 648. The van der Waals surface area contributed by atoms with E-state index in [0.29, 0.717) is 4.90 Å². The van der Waals surface area contributed by atoms with E-state index in [1.165, 1.54) is 6.07 Å². The van der Waals surface area contributed by atoms with Crippen molar-refractivity contribution in [2.75, 3.05) is 13.1 Å². The van der Waals surface area contributed by atoms with Crippen LogP contribution in [0.3, 0.4) is 0 Å². The van der Waals surface area contributed by atoms with E-state index in [1.807, 2.05) is 0 Å². The van der Waals surface area contributed by atoms with Crippen molar-refractivity contribution in [1.82, 2.24) is 10.2 Å². The predicted octanol–water partition coefficient (Wildman–Crippen LogP) is 2.99.